The number of non-ortho nitro benzene ring substituents is 1. The maximum absolute atomic E-state index is 12.2. The van der Waals surface area contributed by atoms with Crippen LogP contribution in [0.3, 0.4) is 0 Å². The van der Waals surface area contributed by atoms with Crippen molar-refractivity contribution in [1.82, 2.24) is 5.32 Å². The number of furan rings is 1. The Labute approximate surface area is 137 Å². The molecule has 0 aliphatic heterocycles. The third kappa shape index (κ3) is 4.75. The van der Waals surface area contributed by atoms with Gasteiger partial charge in [-0.15, -0.1) is 0 Å². The lowest BCUT2D eigenvalue weighted by Crippen LogP contribution is -2.26. The zero-order chi connectivity index (χ0) is 16.7. The molecule has 0 spiro atoms. The van der Waals surface area contributed by atoms with Gasteiger partial charge < -0.3 is 15.1 Å². The number of hydrogen-bond acceptors (Lipinski definition) is 6. The minimum Gasteiger partial charge on any atom is -0.468 e. The van der Waals surface area contributed by atoms with Crippen molar-refractivity contribution in [3.05, 3.63) is 58.0 Å². The normalized spacial score (nSPS) is 10.3. The molecule has 23 heavy (non-hydrogen) atoms. The highest BCUT2D eigenvalue weighted by Crippen LogP contribution is 2.21. The summed E-state index contributed by atoms with van der Waals surface area (Å²) >= 11 is 1.63. The summed E-state index contributed by atoms with van der Waals surface area (Å²) in [5.41, 5.74) is 0.704. The lowest BCUT2D eigenvalue weighted by molar-refractivity contribution is -0.384. The molecule has 0 aliphatic carbocycles. The predicted molar refractivity (Wildman–Crippen MR) is 89.8 cm³/mol. The van der Waals surface area contributed by atoms with E-state index in [0.717, 1.165) is 17.3 Å². The fraction of sp³-hybridized carbons (Fsp3) is 0.267. The Hall–Kier alpha value is -2.48. The summed E-state index contributed by atoms with van der Waals surface area (Å²) in [7, 11) is 1.66. The standard InChI is InChI=1S/C15H17N3O4S/c1-16-14-5-4-11(18(20)21)9-13(14)15(19)17-6-8-23-10-12-3-2-7-22-12/h2-5,7,9,16H,6,8,10H2,1H3,(H,17,19). The molecule has 0 saturated carbocycles. The Kier molecular flexibility index (Phi) is 6.04. The number of nitrogens with zero attached hydrogens (tertiary/aromatic N) is 1. The molecule has 2 N–H and O–H groups in total. The van der Waals surface area contributed by atoms with E-state index in [1.54, 1.807) is 25.1 Å². The topological polar surface area (TPSA) is 97.4 Å². The Morgan fingerprint density at radius 3 is 2.87 bits per heavy atom. The molecule has 2 aromatic rings. The molecule has 1 aromatic heterocycles. The molecule has 1 amide bonds. The van der Waals surface area contributed by atoms with Crippen LogP contribution in [0, 0.1) is 10.1 Å². The van der Waals surface area contributed by atoms with Gasteiger partial charge in [-0.1, -0.05) is 0 Å². The molecule has 2 rings (SSSR count). The number of carbonyl (C=O) groups is 1. The van der Waals surface area contributed by atoms with Gasteiger partial charge in [-0.05, 0) is 18.2 Å². The van der Waals surface area contributed by atoms with E-state index in [1.807, 2.05) is 12.1 Å². The second kappa shape index (κ2) is 8.23. The zero-order valence-electron chi connectivity index (χ0n) is 12.6. The number of benzene rings is 1. The maximum Gasteiger partial charge on any atom is 0.270 e. The van der Waals surface area contributed by atoms with Crippen molar-refractivity contribution < 1.29 is 14.1 Å². The van der Waals surface area contributed by atoms with Crippen LogP contribution in [0.1, 0.15) is 16.1 Å². The van der Waals surface area contributed by atoms with Gasteiger partial charge in [0.1, 0.15) is 5.76 Å². The first kappa shape index (κ1) is 16.9. The van der Waals surface area contributed by atoms with Gasteiger partial charge in [0.2, 0.25) is 0 Å². The third-order valence-electron chi connectivity index (χ3n) is 3.08. The van der Waals surface area contributed by atoms with E-state index in [-0.39, 0.29) is 17.2 Å². The summed E-state index contributed by atoms with van der Waals surface area (Å²) in [6.07, 6.45) is 1.62. The summed E-state index contributed by atoms with van der Waals surface area (Å²) in [4.78, 5) is 22.5. The fourth-order valence-corrected chi connectivity index (χ4v) is 2.71. The van der Waals surface area contributed by atoms with Crippen LogP contribution in [-0.2, 0) is 5.75 Å². The van der Waals surface area contributed by atoms with E-state index in [0.29, 0.717) is 12.2 Å². The first-order valence-corrected chi connectivity index (χ1v) is 8.12. The molecule has 0 aliphatic rings. The van der Waals surface area contributed by atoms with Gasteiger partial charge >= 0.3 is 0 Å². The van der Waals surface area contributed by atoms with Crippen LogP contribution in [0.2, 0.25) is 0 Å². The SMILES string of the molecule is CNc1ccc([N+](=O)[O-])cc1C(=O)NCCSCc1ccco1. The third-order valence-corrected chi connectivity index (χ3v) is 4.07. The molecule has 0 unspecified atom stereocenters. The van der Waals surface area contributed by atoms with Crippen LogP contribution >= 0.6 is 11.8 Å². The molecule has 0 radical (unpaired) electrons. The molecule has 7 nitrogen and oxygen atoms in total. The Balaban J connectivity index is 1.87. The predicted octanol–water partition coefficient (Wildman–Crippen LogP) is 2.89. The monoisotopic (exact) mass is 335 g/mol. The van der Waals surface area contributed by atoms with Gasteiger partial charge in [0, 0.05) is 37.2 Å². The smallest absolute Gasteiger partial charge is 0.270 e. The molecule has 1 heterocycles. The molecular formula is C15H17N3O4S. The van der Waals surface area contributed by atoms with Crippen LogP contribution < -0.4 is 10.6 Å². The van der Waals surface area contributed by atoms with E-state index < -0.39 is 4.92 Å². The number of hydrogen-bond donors (Lipinski definition) is 2. The summed E-state index contributed by atoms with van der Waals surface area (Å²) in [6.45, 7) is 0.468. The highest BCUT2D eigenvalue weighted by molar-refractivity contribution is 7.98. The molecule has 8 heteroatoms. The van der Waals surface area contributed by atoms with E-state index in [2.05, 4.69) is 10.6 Å². The molecule has 0 atom stereocenters. The van der Waals surface area contributed by atoms with Gasteiger partial charge in [0.05, 0.1) is 22.5 Å². The summed E-state index contributed by atoms with van der Waals surface area (Å²) in [6, 6.07) is 7.89. The summed E-state index contributed by atoms with van der Waals surface area (Å²) < 4.78 is 5.22. The number of nitrogens with one attached hydrogen (secondary N) is 2. The number of nitro groups is 1. The number of carbonyl (C=O) groups excluding carboxylic acids is 1. The highest BCUT2D eigenvalue weighted by atomic mass is 32.2. The number of thioether (sulfide) groups is 1. The number of rotatable bonds is 8. The van der Waals surface area contributed by atoms with Gasteiger partial charge in [-0.2, -0.15) is 11.8 Å². The molecular weight excluding hydrogens is 318 g/mol. The largest absolute Gasteiger partial charge is 0.468 e. The quantitative estimate of drug-likeness (QED) is 0.437. The zero-order valence-corrected chi connectivity index (χ0v) is 13.4. The van der Waals surface area contributed by atoms with Crippen molar-refractivity contribution in [3.8, 4) is 0 Å². The number of amides is 1. The average Bonchev–Trinajstić information content (AvgIpc) is 3.07. The molecule has 1 aromatic carbocycles. The van der Waals surface area contributed by atoms with E-state index in [4.69, 9.17) is 4.42 Å². The molecule has 0 fully saturated rings. The molecule has 0 bridgehead atoms. The van der Waals surface area contributed by atoms with Crippen molar-refractivity contribution in [1.29, 1.82) is 0 Å². The molecule has 0 saturated heterocycles. The van der Waals surface area contributed by atoms with Gasteiger partial charge in [0.25, 0.3) is 11.6 Å². The van der Waals surface area contributed by atoms with Crippen molar-refractivity contribution in [2.24, 2.45) is 0 Å². The van der Waals surface area contributed by atoms with Crippen molar-refractivity contribution >= 4 is 29.0 Å². The molecule has 122 valence electrons. The fourth-order valence-electron chi connectivity index (χ4n) is 1.95. The van der Waals surface area contributed by atoms with Gasteiger partial charge in [0.15, 0.2) is 0 Å². The van der Waals surface area contributed by atoms with Crippen LogP contribution in [0.5, 0.6) is 0 Å². The number of anilines is 1. The Morgan fingerprint density at radius 1 is 1.39 bits per heavy atom. The lowest BCUT2D eigenvalue weighted by atomic mass is 10.1. The van der Waals surface area contributed by atoms with E-state index in [1.165, 1.54) is 18.2 Å². The maximum atomic E-state index is 12.2. The van der Waals surface area contributed by atoms with Crippen molar-refractivity contribution in [2.45, 2.75) is 5.75 Å². The van der Waals surface area contributed by atoms with Crippen molar-refractivity contribution in [2.75, 3.05) is 24.7 Å². The highest BCUT2D eigenvalue weighted by Gasteiger charge is 2.15. The van der Waals surface area contributed by atoms with Gasteiger partial charge in [-0.3, -0.25) is 14.9 Å². The van der Waals surface area contributed by atoms with E-state index >= 15 is 0 Å². The first-order chi connectivity index (χ1) is 11.1. The lowest BCUT2D eigenvalue weighted by Gasteiger charge is -2.09. The second-order valence-corrected chi connectivity index (χ2v) is 5.73. The van der Waals surface area contributed by atoms with Crippen molar-refractivity contribution in [3.63, 3.8) is 0 Å². The minimum atomic E-state index is -0.518. The second-order valence-electron chi connectivity index (χ2n) is 4.62. The van der Waals surface area contributed by atoms with Crippen LogP contribution in [0.15, 0.2) is 41.0 Å². The summed E-state index contributed by atoms with van der Waals surface area (Å²) in [5.74, 6) is 2.01. The van der Waals surface area contributed by atoms with Crippen LogP contribution in [-0.4, -0.2) is 30.2 Å². The first-order valence-electron chi connectivity index (χ1n) is 6.96. The minimum absolute atomic E-state index is 0.110. The van der Waals surface area contributed by atoms with Gasteiger partial charge in [-0.25, -0.2) is 0 Å². The summed E-state index contributed by atoms with van der Waals surface area (Å²) in [5, 5.41) is 16.5. The van der Waals surface area contributed by atoms with Crippen LogP contribution in [0.4, 0.5) is 11.4 Å². The average molecular weight is 335 g/mol. The Morgan fingerprint density at radius 2 is 2.22 bits per heavy atom. The van der Waals surface area contributed by atoms with Crippen LogP contribution in [0.25, 0.3) is 0 Å². The van der Waals surface area contributed by atoms with E-state index in [9.17, 15) is 14.9 Å². The Bertz CT molecular complexity index is 673. The number of nitro benzene ring substituents is 1.